The Morgan fingerprint density at radius 3 is 2.24 bits per heavy atom. The van der Waals surface area contributed by atoms with Crippen LogP contribution in [0.15, 0.2) is 54.6 Å². The molecule has 6 nitrogen and oxygen atoms in total. The van der Waals surface area contributed by atoms with Gasteiger partial charge < -0.3 is 29.9 Å². The maximum absolute atomic E-state index is 10.0. The minimum atomic E-state index is -1.44. The molecule has 1 aliphatic heterocycles. The molecular formula is C19H22O6. The number of aliphatic hydroxyl groups is 4. The molecule has 25 heavy (non-hydrogen) atoms. The molecule has 3 rings (SSSR count). The third kappa shape index (κ3) is 3.90. The van der Waals surface area contributed by atoms with Gasteiger partial charge in [-0.1, -0.05) is 54.6 Å². The monoisotopic (exact) mass is 346 g/mol. The zero-order valence-corrected chi connectivity index (χ0v) is 13.6. The molecule has 0 aliphatic carbocycles. The quantitative estimate of drug-likeness (QED) is 0.635. The highest BCUT2D eigenvalue weighted by Crippen LogP contribution is 2.27. The fraction of sp³-hybridized carbons (Fsp3) is 0.368. The summed E-state index contributed by atoms with van der Waals surface area (Å²) < 4.78 is 11.0. The zero-order valence-electron chi connectivity index (χ0n) is 13.6. The van der Waals surface area contributed by atoms with Crippen molar-refractivity contribution in [3.05, 3.63) is 60.2 Å². The average Bonchev–Trinajstić information content (AvgIpc) is 2.66. The second kappa shape index (κ2) is 8.05. The molecule has 1 saturated heterocycles. The number of hydrogen-bond donors (Lipinski definition) is 4. The Balaban J connectivity index is 1.74. The summed E-state index contributed by atoms with van der Waals surface area (Å²) in [5.74, 6) is 0. The Morgan fingerprint density at radius 1 is 0.840 bits per heavy atom. The maximum atomic E-state index is 10.0. The first-order valence-corrected chi connectivity index (χ1v) is 8.17. The van der Waals surface area contributed by atoms with Crippen LogP contribution in [0.4, 0.5) is 0 Å². The van der Waals surface area contributed by atoms with Crippen LogP contribution in [0.25, 0.3) is 11.1 Å². The van der Waals surface area contributed by atoms with E-state index in [9.17, 15) is 20.4 Å². The number of benzene rings is 2. The molecule has 0 amide bonds. The Hall–Kier alpha value is -1.80. The standard InChI is InChI=1S/C19H22O6/c20-10-15-16(21)17(22)18(23)19(25-15)24-11-13-8-4-5-9-14(13)12-6-2-1-3-7-12/h1-9,15-23H,10-11H2/t15-,16-,17+,18+,19+/m1/s1. The molecule has 0 unspecified atom stereocenters. The maximum Gasteiger partial charge on any atom is 0.187 e. The third-order valence-electron chi connectivity index (χ3n) is 4.35. The summed E-state index contributed by atoms with van der Waals surface area (Å²) in [6.45, 7) is -0.334. The summed E-state index contributed by atoms with van der Waals surface area (Å²) in [7, 11) is 0. The fourth-order valence-electron chi connectivity index (χ4n) is 2.92. The second-order valence-electron chi connectivity index (χ2n) is 6.03. The SMILES string of the molecule is OC[C@H]1O[C@H](OCc2ccccc2-c2ccccc2)[C@@H](O)[C@@H](O)[C@@H]1O. The zero-order chi connectivity index (χ0) is 17.8. The molecule has 0 saturated carbocycles. The highest BCUT2D eigenvalue weighted by molar-refractivity contribution is 5.67. The third-order valence-corrected chi connectivity index (χ3v) is 4.35. The second-order valence-corrected chi connectivity index (χ2v) is 6.03. The summed E-state index contributed by atoms with van der Waals surface area (Å²) in [6, 6.07) is 17.5. The normalized spacial score (nSPS) is 29.5. The number of aliphatic hydroxyl groups excluding tert-OH is 4. The lowest BCUT2D eigenvalue weighted by atomic mass is 9.99. The van der Waals surface area contributed by atoms with Gasteiger partial charge in [0, 0.05) is 0 Å². The molecule has 2 aromatic carbocycles. The summed E-state index contributed by atoms with van der Waals surface area (Å²) >= 11 is 0. The van der Waals surface area contributed by atoms with E-state index >= 15 is 0 Å². The van der Waals surface area contributed by atoms with Crippen LogP contribution in [0.5, 0.6) is 0 Å². The van der Waals surface area contributed by atoms with Gasteiger partial charge in [-0.05, 0) is 16.7 Å². The van der Waals surface area contributed by atoms with E-state index in [1.165, 1.54) is 0 Å². The molecule has 0 radical (unpaired) electrons. The molecule has 0 bridgehead atoms. The number of rotatable bonds is 5. The van der Waals surface area contributed by atoms with E-state index in [-0.39, 0.29) is 6.61 Å². The first-order valence-electron chi connectivity index (χ1n) is 8.17. The van der Waals surface area contributed by atoms with Crippen molar-refractivity contribution in [2.45, 2.75) is 37.3 Å². The van der Waals surface area contributed by atoms with Crippen molar-refractivity contribution in [2.24, 2.45) is 0 Å². The Kier molecular flexibility index (Phi) is 5.80. The predicted octanol–water partition coefficient (Wildman–Crippen LogP) is 0.670. The van der Waals surface area contributed by atoms with Gasteiger partial charge in [0.25, 0.3) is 0 Å². The van der Waals surface area contributed by atoms with Gasteiger partial charge in [0.1, 0.15) is 24.4 Å². The molecule has 1 aliphatic rings. The number of ether oxygens (including phenoxy) is 2. The van der Waals surface area contributed by atoms with E-state index in [0.717, 1.165) is 16.7 Å². The molecule has 1 fully saturated rings. The van der Waals surface area contributed by atoms with E-state index in [1.807, 2.05) is 54.6 Å². The number of hydrogen-bond acceptors (Lipinski definition) is 6. The molecule has 0 spiro atoms. The van der Waals surface area contributed by atoms with Gasteiger partial charge in [-0.2, -0.15) is 0 Å². The van der Waals surface area contributed by atoms with Crippen LogP contribution in [0.3, 0.4) is 0 Å². The van der Waals surface area contributed by atoms with Crippen LogP contribution < -0.4 is 0 Å². The van der Waals surface area contributed by atoms with Crippen LogP contribution in [0, 0.1) is 0 Å². The van der Waals surface area contributed by atoms with Gasteiger partial charge in [-0.3, -0.25) is 0 Å². The van der Waals surface area contributed by atoms with Crippen LogP contribution in [-0.2, 0) is 16.1 Å². The minimum absolute atomic E-state index is 0.147. The van der Waals surface area contributed by atoms with Gasteiger partial charge in [0.05, 0.1) is 13.2 Å². The Bertz CT molecular complexity index is 675. The summed E-state index contributed by atoms with van der Waals surface area (Å²) in [5, 5.41) is 38.9. The van der Waals surface area contributed by atoms with Gasteiger partial charge >= 0.3 is 0 Å². The lowest BCUT2D eigenvalue weighted by Gasteiger charge is -2.39. The van der Waals surface area contributed by atoms with Crippen molar-refractivity contribution in [2.75, 3.05) is 6.61 Å². The summed E-state index contributed by atoms with van der Waals surface area (Å²) in [6.07, 6.45) is -6.36. The molecule has 1 heterocycles. The predicted molar refractivity (Wildman–Crippen MR) is 90.4 cm³/mol. The molecule has 134 valence electrons. The molecule has 6 heteroatoms. The van der Waals surface area contributed by atoms with E-state index < -0.39 is 37.3 Å². The highest BCUT2D eigenvalue weighted by atomic mass is 16.7. The molecule has 2 aromatic rings. The molecule has 5 atom stereocenters. The highest BCUT2D eigenvalue weighted by Gasteiger charge is 2.44. The summed E-state index contributed by atoms with van der Waals surface area (Å²) in [4.78, 5) is 0. The lowest BCUT2D eigenvalue weighted by molar-refractivity contribution is -0.304. The minimum Gasteiger partial charge on any atom is -0.394 e. The van der Waals surface area contributed by atoms with Crippen molar-refractivity contribution in [1.29, 1.82) is 0 Å². The topological polar surface area (TPSA) is 99.4 Å². The lowest BCUT2D eigenvalue weighted by Crippen LogP contribution is -2.59. The van der Waals surface area contributed by atoms with Gasteiger partial charge in [0.15, 0.2) is 6.29 Å². The fourth-order valence-corrected chi connectivity index (χ4v) is 2.92. The van der Waals surface area contributed by atoms with Gasteiger partial charge in [-0.15, -0.1) is 0 Å². The van der Waals surface area contributed by atoms with Crippen molar-refractivity contribution in [3.63, 3.8) is 0 Å². The first kappa shape index (κ1) is 18.0. The molecule has 4 N–H and O–H groups in total. The Morgan fingerprint density at radius 2 is 1.52 bits per heavy atom. The molecule has 0 aromatic heterocycles. The smallest absolute Gasteiger partial charge is 0.187 e. The van der Waals surface area contributed by atoms with Crippen LogP contribution in [0.2, 0.25) is 0 Å². The van der Waals surface area contributed by atoms with Crippen molar-refractivity contribution < 1.29 is 29.9 Å². The van der Waals surface area contributed by atoms with Crippen LogP contribution >= 0.6 is 0 Å². The average molecular weight is 346 g/mol. The largest absolute Gasteiger partial charge is 0.394 e. The van der Waals surface area contributed by atoms with Gasteiger partial charge in [0.2, 0.25) is 0 Å². The van der Waals surface area contributed by atoms with E-state index in [2.05, 4.69) is 0 Å². The van der Waals surface area contributed by atoms with E-state index in [0.29, 0.717) is 0 Å². The van der Waals surface area contributed by atoms with Crippen LogP contribution in [0.1, 0.15) is 5.56 Å². The van der Waals surface area contributed by atoms with E-state index in [1.54, 1.807) is 0 Å². The van der Waals surface area contributed by atoms with Crippen LogP contribution in [-0.4, -0.2) is 57.7 Å². The van der Waals surface area contributed by atoms with Gasteiger partial charge in [-0.25, -0.2) is 0 Å². The Labute approximate surface area is 145 Å². The van der Waals surface area contributed by atoms with Crippen molar-refractivity contribution in [1.82, 2.24) is 0 Å². The van der Waals surface area contributed by atoms with E-state index in [4.69, 9.17) is 9.47 Å². The first-order chi connectivity index (χ1) is 12.1. The van der Waals surface area contributed by atoms with Crippen molar-refractivity contribution >= 4 is 0 Å². The summed E-state index contributed by atoms with van der Waals surface area (Å²) in [5.41, 5.74) is 2.92. The van der Waals surface area contributed by atoms with Crippen molar-refractivity contribution in [3.8, 4) is 11.1 Å². The molecular weight excluding hydrogens is 324 g/mol.